The Morgan fingerprint density at radius 3 is 1.91 bits per heavy atom. The van der Waals surface area contributed by atoms with Gasteiger partial charge in [0.05, 0.1) is 11.6 Å². The smallest absolute Gasteiger partial charge is 0.311 e. The number of carbonyl (C=O) groups is 1. The fraction of sp³-hybridized carbons (Fsp3) is 0.278. The molecule has 0 spiro atoms. The highest BCUT2D eigenvalue weighted by atomic mass is 31.2. The molecule has 3 atom stereocenters. The molecule has 5 heteroatoms. The van der Waals surface area contributed by atoms with E-state index in [0.29, 0.717) is 12.0 Å². The molecule has 0 aliphatic rings. The van der Waals surface area contributed by atoms with Gasteiger partial charge in [0, 0.05) is 6.16 Å². The van der Waals surface area contributed by atoms with Gasteiger partial charge in [-0.3, -0.25) is 9.36 Å². The maximum absolute atomic E-state index is 12.9. The predicted octanol–water partition coefficient (Wildman–Crippen LogP) is 4.28. The minimum atomic E-state index is -3.68. The van der Waals surface area contributed by atoms with Gasteiger partial charge in [-0.15, -0.1) is 0 Å². The topological polar surface area (TPSA) is 74.6 Å². The van der Waals surface area contributed by atoms with Crippen LogP contribution >= 0.6 is 7.37 Å². The van der Waals surface area contributed by atoms with Crippen LogP contribution in [0, 0.1) is 0 Å². The van der Waals surface area contributed by atoms with Crippen molar-refractivity contribution < 1.29 is 19.4 Å². The Kier molecular flexibility index (Phi) is 5.75. The van der Waals surface area contributed by atoms with E-state index in [1.54, 1.807) is 30.3 Å². The normalized spacial score (nSPS) is 16.3. The number of carboxylic acids is 1. The highest BCUT2D eigenvalue weighted by Gasteiger charge is 2.36. The molecule has 0 aromatic heterocycles. The minimum absolute atomic E-state index is 0.264. The number of carboxylic acid groups (broad SMARTS) is 1. The lowest BCUT2D eigenvalue weighted by Crippen LogP contribution is -2.18. The lowest BCUT2D eigenvalue weighted by atomic mass is 10.0. The largest absolute Gasteiger partial charge is 0.481 e. The van der Waals surface area contributed by atoms with Gasteiger partial charge >= 0.3 is 5.97 Å². The molecule has 2 aromatic carbocycles. The van der Waals surface area contributed by atoms with Crippen LogP contribution in [0.1, 0.15) is 36.0 Å². The molecule has 0 saturated carbocycles. The zero-order chi connectivity index (χ0) is 16.9. The molecule has 2 rings (SSSR count). The fourth-order valence-electron chi connectivity index (χ4n) is 2.83. The Bertz CT molecular complexity index is 685. The van der Waals surface area contributed by atoms with E-state index in [1.165, 1.54) is 0 Å². The molecule has 0 amide bonds. The van der Waals surface area contributed by atoms with Crippen molar-refractivity contribution in [3.05, 3.63) is 71.8 Å². The second-order valence-electron chi connectivity index (χ2n) is 5.57. The molecular formula is C18H21O4P. The monoisotopic (exact) mass is 332 g/mol. The Labute approximate surface area is 136 Å². The summed E-state index contributed by atoms with van der Waals surface area (Å²) in [5, 5.41) is 9.48. The van der Waals surface area contributed by atoms with Crippen LogP contribution in [0.15, 0.2) is 60.7 Å². The summed E-state index contributed by atoms with van der Waals surface area (Å²) in [7, 11) is -3.68. The van der Waals surface area contributed by atoms with Crippen LogP contribution in [0.4, 0.5) is 0 Å². The molecule has 23 heavy (non-hydrogen) atoms. The molecule has 0 heterocycles. The molecule has 0 aliphatic carbocycles. The molecule has 122 valence electrons. The molecular weight excluding hydrogens is 311 g/mol. The van der Waals surface area contributed by atoms with Crippen LogP contribution in [0.2, 0.25) is 0 Å². The van der Waals surface area contributed by atoms with Crippen molar-refractivity contribution in [3.8, 4) is 0 Å². The summed E-state index contributed by atoms with van der Waals surface area (Å²) >= 11 is 0. The minimum Gasteiger partial charge on any atom is -0.481 e. The second-order valence-corrected chi connectivity index (χ2v) is 8.07. The van der Waals surface area contributed by atoms with Crippen molar-refractivity contribution in [3.63, 3.8) is 0 Å². The Morgan fingerprint density at radius 1 is 1.00 bits per heavy atom. The Morgan fingerprint density at radius 2 is 1.48 bits per heavy atom. The maximum atomic E-state index is 12.9. The molecule has 0 saturated heterocycles. The van der Waals surface area contributed by atoms with E-state index in [4.69, 9.17) is 0 Å². The molecule has 0 fully saturated rings. The summed E-state index contributed by atoms with van der Waals surface area (Å²) in [5.41, 5.74) is 0.782. The summed E-state index contributed by atoms with van der Waals surface area (Å²) in [6.45, 7) is 1.85. The first-order valence-corrected chi connectivity index (χ1v) is 9.51. The number of rotatable bonds is 7. The second kappa shape index (κ2) is 7.58. The van der Waals surface area contributed by atoms with Crippen molar-refractivity contribution in [2.45, 2.75) is 24.9 Å². The predicted molar refractivity (Wildman–Crippen MR) is 91.0 cm³/mol. The zero-order valence-corrected chi connectivity index (χ0v) is 13.9. The van der Waals surface area contributed by atoms with Gasteiger partial charge in [-0.1, -0.05) is 67.6 Å². The van der Waals surface area contributed by atoms with Crippen LogP contribution in [-0.4, -0.2) is 22.1 Å². The van der Waals surface area contributed by atoms with Gasteiger partial charge in [-0.05, 0) is 17.5 Å². The quantitative estimate of drug-likeness (QED) is 0.742. The van der Waals surface area contributed by atoms with Crippen molar-refractivity contribution in [1.82, 2.24) is 0 Å². The SMILES string of the molecule is CCC(c1ccccc1)P(=O)(O)CC(C(=O)O)c1ccccc1. The average Bonchev–Trinajstić information content (AvgIpc) is 2.55. The number of benzene rings is 2. The van der Waals surface area contributed by atoms with Crippen LogP contribution < -0.4 is 0 Å². The van der Waals surface area contributed by atoms with Crippen LogP contribution in [0.5, 0.6) is 0 Å². The maximum Gasteiger partial charge on any atom is 0.311 e. The highest BCUT2D eigenvalue weighted by molar-refractivity contribution is 7.58. The third-order valence-electron chi connectivity index (χ3n) is 4.00. The van der Waals surface area contributed by atoms with E-state index >= 15 is 0 Å². The fourth-order valence-corrected chi connectivity index (χ4v) is 5.18. The summed E-state index contributed by atoms with van der Waals surface area (Å²) in [4.78, 5) is 22.2. The molecule has 0 aliphatic heterocycles. The average molecular weight is 332 g/mol. The third kappa shape index (κ3) is 4.31. The first kappa shape index (κ1) is 17.5. The summed E-state index contributed by atoms with van der Waals surface area (Å²) in [6, 6.07) is 17.8. The van der Waals surface area contributed by atoms with Gasteiger partial charge < -0.3 is 10.00 Å². The van der Waals surface area contributed by atoms with Crippen molar-refractivity contribution in [2.75, 3.05) is 6.16 Å². The Balaban J connectivity index is 2.30. The van der Waals surface area contributed by atoms with Gasteiger partial charge in [0.2, 0.25) is 7.37 Å². The number of hydrogen-bond acceptors (Lipinski definition) is 2. The van der Waals surface area contributed by atoms with Crippen LogP contribution in [-0.2, 0) is 9.36 Å². The van der Waals surface area contributed by atoms with E-state index in [2.05, 4.69) is 0 Å². The molecule has 4 nitrogen and oxygen atoms in total. The zero-order valence-electron chi connectivity index (χ0n) is 13.0. The molecule has 3 unspecified atom stereocenters. The molecule has 0 radical (unpaired) electrons. The molecule has 2 aromatic rings. The first-order valence-electron chi connectivity index (χ1n) is 7.60. The van der Waals surface area contributed by atoms with Gasteiger partial charge in [0.25, 0.3) is 0 Å². The standard InChI is InChI=1S/C18H21O4P/c1-2-17(15-11-7-4-8-12-15)23(21,22)13-16(18(19)20)14-9-5-3-6-10-14/h3-12,16-17H,2,13H2,1H3,(H,19,20)(H,21,22). The van der Waals surface area contributed by atoms with Gasteiger partial charge in [0.1, 0.15) is 0 Å². The van der Waals surface area contributed by atoms with Gasteiger partial charge in [0.15, 0.2) is 0 Å². The summed E-state index contributed by atoms with van der Waals surface area (Å²) < 4.78 is 12.9. The third-order valence-corrected chi connectivity index (χ3v) is 6.53. The lowest BCUT2D eigenvalue weighted by Gasteiger charge is -2.25. The van der Waals surface area contributed by atoms with Crippen molar-refractivity contribution >= 4 is 13.3 Å². The summed E-state index contributed by atoms with van der Waals surface area (Å²) in [6.07, 6.45) is 0.221. The summed E-state index contributed by atoms with van der Waals surface area (Å²) in [5.74, 6) is -2.06. The van der Waals surface area contributed by atoms with Gasteiger partial charge in [-0.2, -0.15) is 0 Å². The van der Waals surface area contributed by atoms with E-state index in [1.807, 2.05) is 37.3 Å². The van der Waals surface area contributed by atoms with Crippen LogP contribution in [0.3, 0.4) is 0 Å². The number of aliphatic carboxylic acids is 1. The van der Waals surface area contributed by atoms with E-state index in [-0.39, 0.29) is 6.16 Å². The van der Waals surface area contributed by atoms with E-state index in [9.17, 15) is 19.4 Å². The van der Waals surface area contributed by atoms with E-state index in [0.717, 1.165) is 5.56 Å². The Hall–Kier alpha value is -1.90. The molecule has 2 N–H and O–H groups in total. The number of hydrogen-bond donors (Lipinski definition) is 2. The molecule has 0 bridgehead atoms. The van der Waals surface area contributed by atoms with Crippen LogP contribution in [0.25, 0.3) is 0 Å². The van der Waals surface area contributed by atoms with E-state index < -0.39 is 24.9 Å². The van der Waals surface area contributed by atoms with Gasteiger partial charge in [-0.25, -0.2) is 0 Å². The highest BCUT2D eigenvalue weighted by Crippen LogP contribution is 2.59. The lowest BCUT2D eigenvalue weighted by molar-refractivity contribution is -0.138. The first-order chi connectivity index (χ1) is 11.0. The van der Waals surface area contributed by atoms with Crippen molar-refractivity contribution in [1.29, 1.82) is 0 Å². The van der Waals surface area contributed by atoms with Crippen molar-refractivity contribution in [2.24, 2.45) is 0 Å².